The zero-order chi connectivity index (χ0) is 18.3. The maximum absolute atomic E-state index is 12.5. The number of hydrogen-bond acceptors (Lipinski definition) is 9. The van der Waals surface area contributed by atoms with Crippen LogP contribution in [0.15, 0.2) is 10.7 Å². The maximum Gasteiger partial charge on any atom is 0.262 e. The molecule has 0 spiro atoms. The predicted molar refractivity (Wildman–Crippen MR) is 89.3 cm³/mol. The Labute approximate surface area is 148 Å². The van der Waals surface area contributed by atoms with Gasteiger partial charge >= 0.3 is 0 Å². The Hall–Kier alpha value is -3.37. The Bertz CT molecular complexity index is 973. The van der Waals surface area contributed by atoms with Crippen LogP contribution in [0.25, 0.3) is 0 Å². The van der Waals surface area contributed by atoms with E-state index in [1.165, 1.54) is 6.20 Å². The number of amides is 1. The number of anilines is 2. The predicted octanol–water partition coefficient (Wildman–Crippen LogP) is 0.828. The number of nitrogen functional groups attached to an aromatic ring is 1. The molecule has 4 rings (SSSR count). The molecular formula is C15H17N9O2. The Balaban J connectivity index is 1.49. The molecule has 1 aliphatic rings. The molecule has 3 N–H and O–H groups in total. The summed E-state index contributed by atoms with van der Waals surface area (Å²) in [6, 6.07) is 0. The fourth-order valence-corrected chi connectivity index (χ4v) is 2.46. The summed E-state index contributed by atoms with van der Waals surface area (Å²) in [5.74, 6) is 2.04. The van der Waals surface area contributed by atoms with Crippen molar-refractivity contribution in [3.05, 3.63) is 35.0 Å². The molecular weight excluding hydrogens is 338 g/mol. The molecule has 3 aromatic heterocycles. The number of nitrogens with two attached hydrogens (primary N) is 1. The normalized spacial score (nSPS) is 13.8. The van der Waals surface area contributed by atoms with E-state index in [0.717, 1.165) is 12.8 Å². The summed E-state index contributed by atoms with van der Waals surface area (Å²) < 4.78 is 6.50. The van der Waals surface area contributed by atoms with Gasteiger partial charge < -0.3 is 15.6 Å². The van der Waals surface area contributed by atoms with Crippen molar-refractivity contribution >= 4 is 17.5 Å². The highest BCUT2D eigenvalue weighted by Crippen LogP contribution is 2.38. The van der Waals surface area contributed by atoms with Crippen LogP contribution in [0.4, 0.5) is 11.6 Å². The first-order valence-electron chi connectivity index (χ1n) is 8.14. The largest absolute Gasteiger partial charge is 0.383 e. The van der Waals surface area contributed by atoms with Gasteiger partial charge in [0.2, 0.25) is 5.89 Å². The SMILES string of the molecule is Cc1nc(Cn2nnc(NC(=O)c3cnc(C4CC4)nc3N)c2C)no1. The fourth-order valence-electron chi connectivity index (χ4n) is 2.46. The third-order valence-corrected chi connectivity index (χ3v) is 4.10. The minimum atomic E-state index is -0.435. The zero-order valence-corrected chi connectivity index (χ0v) is 14.3. The second-order valence-corrected chi connectivity index (χ2v) is 6.17. The van der Waals surface area contributed by atoms with Gasteiger partial charge in [-0.3, -0.25) is 4.79 Å². The van der Waals surface area contributed by atoms with E-state index in [1.54, 1.807) is 18.5 Å². The number of carbonyl (C=O) groups is 1. The minimum absolute atomic E-state index is 0.159. The van der Waals surface area contributed by atoms with Crippen molar-refractivity contribution in [3.8, 4) is 0 Å². The molecule has 0 bridgehead atoms. The first-order chi connectivity index (χ1) is 12.5. The van der Waals surface area contributed by atoms with E-state index in [1.807, 2.05) is 0 Å². The highest BCUT2D eigenvalue weighted by molar-refractivity contribution is 6.06. The van der Waals surface area contributed by atoms with Crippen LogP contribution in [-0.2, 0) is 6.54 Å². The molecule has 1 aliphatic carbocycles. The van der Waals surface area contributed by atoms with Gasteiger partial charge in [-0.05, 0) is 19.8 Å². The molecule has 0 atom stereocenters. The molecule has 0 radical (unpaired) electrons. The maximum atomic E-state index is 12.5. The van der Waals surface area contributed by atoms with Gasteiger partial charge in [-0.25, -0.2) is 14.6 Å². The molecule has 26 heavy (non-hydrogen) atoms. The molecule has 0 saturated heterocycles. The second-order valence-electron chi connectivity index (χ2n) is 6.17. The average Bonchev–Trinajstić information content (AvgIpc) is 3.31. The number of hydrogen-bond donors (Lipinski definition) is 2. The lowest BCUT2D eigenvalue weighted by atomic mass is 10.2. The molecule has 3 aromatic rings. The monoisotopic (exact) mass is 355 g/mol. The summed E-state index contributed by atoms with van der Waals surface area (Å²) in [5.41, 5.74) is 6.76. The van der Waals surface area contributed by atoms with Gasteiger partial charge in [0, 0.05) is 19.0 Å². The number of carbonyl (C=O) groups excluding carboxylic acids is 1. The smallest absolute Gasteiger partial charge is 0.262 e. The lowest BCUT2D eigenvalue weighted by Gasteiger charge is -2.06. The molecule has 0 unspecified atom stereocenters. The molecule has 0 aromatic carbocycles. The van der Waals surface area contributed by atoms with Crippen LogP contribution in [0, 0.1) is 13.8 Å². The van der Waals surface area contributed by atoms with E-state index >= 15 is 0 Å². The van der Waals surface area contributed by atoms with E-state index in [-0.39, 0.29) is 17.9 Å². The van der Waals surface area contributed by atoms with Crippen molar-refractivity contribution in [3.63, 3.8) is 0 Å². The van der Waals surface area contributed by atoms with Gasteiger partial charge in [-0.15, -0.1) is 5.10 Å². The lowest BCUT2D eigenvalue weighted by molar-refractivity contribution is 0.102. The van der Waals surface area contributed by atoms with E-state index in [0.29, 0.717) is 35.0 Å². The number of rotatable bonds is 5. The van der Waals surface area contributed by atoms with E-state index in [9.17, 15) is 4.79 Å². The third kappa shape index (κ3) is 3.10. The van der Waals surface area contributed by atoms with Crippen LogP contribution < -0.4 is 11.1 Å². The molecule has 1 fully saturated rings. The summed E-state index contributed by atoms with van der Waals surface area (Å²) in [5, 5.41) is 14.5. The topological polar surface area (TPSA) is 151 Å². The molecule has 1 amide bonds. The Kier molecular flexibility index (Phi) is 3.82. The number of nitrogens with one attached hydrogen (secondary N) is 1. The Morgan fingerprint density at radius 2 is 2.19 bits per heavy atom. The lowest BCUT2D eigenvalue weighted by Crippen LogP contribution is -2.17. The molecule has 134 valence electrons. The van der Waals surface area contributed by atoms with Gasteiger partial charge in [0.15, 0.2) is 11.6 Å². The van der Waals surface area contributed by atoms with Crippen LogP contribution in [0.5, 0.6) is 0 Å². The van der Waals surface area contributed by atoms with Crippen molar-refractivity contribution in [1.29, 1.82) is 0 Å². The van der Waals surface area contributed by atoms with E-state index in [4.69, 9.17) is 10.3 Å². The Morgan fingerprint density at radius 3 is 2.85 bits per heavy atom. The summed E-state index contributed by atoms with van der Waals surface area (Å²) in [6.07, 6.45) is 3.58. The van der Waals surface area contributed by atoms with Crippen molar-refractivity contribution < 1.29 is 9.32 Å². The minimum Gasteiger partial charge on any atom is -0.383 e. The van der Waals surface area contributed by atoms with Crippen LogP contribution in [0.2, 0.25) is 0 Å². The van der Waals surface area contributed by atoms with Gasteiger partial charge in [-0.1, -0.05) is 10.4 Å². The highest BCUT2D eigenvalue weighted by atomic mass is 16.5. The van der Waals surface area contributed by atoms with Crippen LogP contribution >= 0.6 is 0 Å². The zero-order valence-electron chi connectivity index (χ0n) is 14.3. The van der Waals surface area contributed by atoms with Crippen molar-refractivity contribution in [2.24, 2.45) is 0 Å². The first kappa shape index (κ1) is 16.1. The summed E-state index contributed by atoms with van der Waals surface area (Å²) >= 11 is 0. The van der Waals surface area contributed by atoms with Crippen LogP contribution in [0.3, 0.4) is 0 Å². The molecule has 11 nitrogen and oxygen atoms in total. The van der Waals surface area contributed by atoms with E-state index < -0.39 is 5.91 Å². The fraction of sp³-hybridized carbons (Fsp3) is 0.400. The van der Waals surface area contributed by atoms with Gasteiger partial charge in [0.25, 0.3) is 5.91 Å². The van der Waals surface area contributed by atoms with Crippen LogP contribution in [-0.4, -0.2) is 41.0 Å². The van der Waals surface area contributed by atoms with Crippen LogP contribution in [0.1, 0.15) is 52.4 Å². The number of aromatic nitrogens is 7. The molecule has 3 heterocycles. The summed E-state index contributed by atoms with van der Waals surface area (Å²) in [6.45, 7) is 3.77. The molecule has 0 aliphatic heterocycles. The first-order valence-corrected chi connectivity index (χ1v) is 8.14. The van der Waals surface area contributed by atoms with Gasteiger partial charge in [0.05, 0.1) is 5.69 Å². The Morgan fingerprint density at radius 1 is 1.38 bits per heavy atom. The number of nitrogens with zero attached hydrogens (tertiary/aromatic N) is 7. The number of aryl methyl sites for hydroxylation is 1. The van der Waals surface area contributed by atoms with E-state index in [2.05, 4.69) is 35.7 Å². The van der Waals surface area contributed by atoms with Crippen molar-refractivity contribution in [2.45, 2.75) is 39.2 Å². The summed E-state index contributed by atoms with van der Waals surface area (Å²) in [7, 11) is 0. The van der Waals surface area contributed by atoms with Crippen molar-refractivity contribution in [1.82, 2.24) is 35.1 Å². The van der Waals surface area contributed by atoms with Crippen molar-refractivity contribution in [2.75, 3.05) is 11.1 Å². The third-order valence-electron chi connectivity index (χ3n) is 4.10. The molecule has 11 heteroatoms. The standard InChI is InChI=1S/C15H17N9O2/c1-7-13(21-23-24(7)6-11-18-8(2)26-22-11)20-15(25)10-5-17-14(9-3-4-9)19-12(10)16/h5,9H,3-4,6H2,1-2H3,(H,20,25)(H2,16,17,19). The molecule has 1 saturated carbocycles. The quantitative estimate of drug-likeness (QED) is 0.678. The van der Waals surface area contributed by atoms with Gasteiger partial charge in [0.1, 0.15) is 23.8 Å². The van der Waals surface area contributed by atoms with Gasteiger partial charge in [-0.2, -0.15) is 4.98 Å². The summed E-state index contributed by atoms with van der Waals surface area (Å²) in [4.78, 5) is 25.0. The second kappa shape index (κ2) is 6.17. The highest BCUT2D eigenvalue weighted by Gasteiger charge is 2.27. The average molecular weight is 355 g/mol.